The monoisotopic (exact) mass is 543 g/mol. The number of nitrogens with one attached hydrogen (secondary N) is 2. The van der Waals surface area contributed by atoms with E-state index in [4.69, 9.17) is 21.1 Å². The van der Waals surface area contributed by atoms with E-state index >= 15 is 0 Å². The third-order valence-electron chi connectivity index (χ3n) is 4.71. The van der Waals surface area contributed by atoms with Gasteiger partial charge < -0.3 is 20.1 Å². The minimum Gasteiger partial charge on any atom is -0.454 e. The number of rotatable bonds is 6. The number of ether oxygens (including phenoxy) is 2. The summed E-state index contributed by atoms with van der Waals surface area (Å²) in [4.78, 5) is 36.4. The minimum absolute atomic E-state index is 0.0670. The van der Waals surface area contributed by atoms with Crippen molar-refractivity contribution in [2.45, 2.75) is 0 Å². The Hall–Kier alpha value is -3.89. The Balaban J connectivity index is 1.64. The number of benzene rings is 3. The van der Waals surface area contributed by atoms with Gasteiger partial charge in [0, 0.05) is 21.8 Å². The molecule has 0 aliphatic carbocycles. The average Bonchev–Trinajstić information content (AvgIpc) is 3.28. The number of nitro benzene ring substituents is 1. The summed E-state index contributed by atoms with van der Waals surface area (Å²) in [7, 11) is 0. The second-order valence-corrected chi connectivity index (χ2v) is 8.33. The lowest BCUT2D eigenvalue weighted by atomic mass is 10.1. The van der Waals surface area contributed by atoms with E-state index in [0.29, 0.717) is 22.6 Å². The molecule has 0 saturated heterocycles. The van der Waals surface area contributed by atoms with Crippen LogP contribution in [0, 0.1) is 10.1 Å². The zero-order valence-electron chi connectivity index (χ0n) is 17.2. The van der Waals surface area contributed by atoms with Crippen LogP contribution in [0.4, 0.5) is 11.4 Å². The van der Waals surface area contributed by atoms with Crippen LogP contribution in [0.25, 0.3) is 6.08 Å². The fourth-order valence-electron chi connectivity index (χ4n) is 3.05. The van der Waals surface area contributed by atoms with Gasteiger partial charge in [0.25, 0.3) is 17.5 Å². The van der Waals surface area contributed by atoms with Crippen molar-refractivity contribution in [2.24, 2.45) is 0 Å². The van der Waals surface area contributed by atoms with Crippen molar-refractivity contribution in [3.63, 3.8) is 0 Å². The van der Waals surface area contributed by atoms with Crippen LogP contribution < -0.4 is 20.1 Å². The predicted octanol–water partition coefficient (Wildman–Crippen LogP) is 5.15. The summed E-state index contributed by atoms with van der Waals surface area (Å²) in [6.45, 7) is 0.0888. The topological polar surface area (TPSA) is 120 Å². The molecule has 0 saturated carbocycles. The van der Waals surface area contributed by atoms with Gasteiger partial charge in [0.05, 0.1) is 4.92 Å². The van der Waals surface area contributed by atoms with Gasteiger partial charge in [-0.05, 0) is 60.2 Å². The maximum atomic E-state index is 13.1. The third-order valence-corrected chi connectivity index (χ3v) is 5.56. The zero-order chi connectivity index (χ0) is 24.2. The molecule has 0 radical (unpaired) electrons. The molecule has 4 rings (SSSR count). The Morgan fingerprint density at radius 3 is 2.50 bits per heavy atom. The molecule has 172 valence electrons. The van der Waals surface area contributed by atoms with Gasteiger partial charge >= 0.3 is 0 Å². The lowest BCUT2D eigenvalue weighted by Gasteiger charge is -2.12. The van der Waals surface area contributed by atoms with Gasteiger partial charge in [-0.2, -0.15) is 0 Å². The second-order valence-electron chi connectivity index (χ2n) is 7.01. The first-order valence-corrected chi connectivity index (χ1v) is 10.9. The van der Waals surface area contributed by atoms with Crippen LogP contribution in [0.1, 0.15) is 15.9 Å². The first-order chi connectivity index (χ1) is 16.3. The molecule has 0 bridgehead atoms. The maximum absolute atomic E-state index is 13.1. The quantitative estimate of drug-likeness (QED) is 0.252. The molecule has 0 fully saturated rings. The molecule has 0 aromatic heterocycles. The smallest absolute Gasteiger partial charge is 0.289 e. The second kappa shape index (κ2) is 9.94. The van der Waals surface area contributed by atoms with Crippen molar-refractivity contribution < 1.29 is 24.0 Å². The van der Waals surface area contributed by atoms with Crippen molar-refractivity contribution in [3.8, 4) is 11.5 Å². The summed E-state index contributed by atoms with van der Waals surface area (Å²) in [5, 5.41) is 16.3. The summed E-state index contributed by atoms with van der Waals surface area (Å²) >= 11 is 9.15. The highest BCUT2D eigenvalue weighted by Gasteiger charge is 2.19. The Morgan fingerprint density at radius 2 is 1.76 bits per heavy atom. The zero-order valence-corrected chi connectivity index (χ0v) is 19.6. The van der Waals surface area contributed by atoms with E-state index in [2.05, 4.69) is 26.6 Å². The first kappa shape index (κ1) is 23.3. The molecule has 9 nitrogen and oxygen atoms in total. The Bertz CT molecular complexity index is 1330. The summed E-state index contributed by atoms with van der Waals surface area (Å²) in [5.74, 6) is -0.145. The van der Waals surface area contributed by atoms with Gasteiger partial charge in [-0.15, -0.1) is 0 Å². The van der Waals surface area contributed by atoms with E-state index in [1.165, 1.54) is 18.2 Å². The number of carbonyl (C=O) groups is 2. The van der Waals surface area contributed by atoms with Crippen LogP contribution in [0.5, 0.6) is 11.5 Å². The molecule has 11 heteroatoms. The third kappa shape index (κ3) is 5.36. The molecule has 1 aliphatic rings. The van der Waals surface area contributed by atoms with E-state index in [-0.39, 0.29) is 28.9 Å². The molecular weight excluding hydrogens is 530 g/mol. The molecule has 2 amide bonds. The molecule has 2 N–H and O–H groups in total. The van der Waals surface area contributed by atoms with Crippen molar-refractivity contribution in [1.29, 1.82) is 0 Å². The summed E-state index contributed by atoms with van der Waals surface area (Å²) in [6, 6.07) is 15.5. The first-order valence-electron chi connectivity index (χ1n) is 9.74. The summed E-state index contributed by atoms with van der Waals surface area (Å²) < 4.78 is 11.5. The lowest BCUT2D eigenvalue weighted by Crippen LogP contribution is -2.30. The molecule has 1 heterocycles. The molecule has 34 heavy (non-hydrogen) atoms. The van der Waals surface area contributed by atoms with Crippen LogP contribution in [0.2, 0.25) is 5.02 Å². The maximum Gasteiger partial charge on any atom is 0.289 e. The van der Waals surface area contributed by atoms with Gasteiger partial charge in [-0.25, -0.2) is 0 Å². The van der Waals surface area contributed by atoms with Crippen LogP contribution in [0.3, 0.4) is 0 Å². The highest BCUT2D eigenvalue weighted by Crippen LogP contribution is 2.33. The normalized spacial score (nSPS) is 12.2. The molecule has 1 aliphatic heterocycles. The lowest BCUT2D eigenvalue weighted by molar-refractivity contribution is -0.384. The van der Waals surface area contributed by atoms with Gasteiger partial charge in [0.15, 0.2) is 11.5 Å². The van der Waals surface area contributed by atoms with Crippen molar-refractivity contribution in [2.75, 3.05) is 12.1 Å². The van der Waals surface area contributed by atoms with Gasteiger partial charge in [-0.1, -0.05) is 33.6 Å². The van der Waals surface area contributed by atoms with Crippen LogP contribution in [-0.2, 0) is 4.79 Å². The standard InChI is InChI=1S/C23H15BrClN3O6/c24-15-4-2-14(3-5-15)22(29)27-18(9-13-1-8-20-21(10-13)34-12-33-20)23(30)26-16-6-7-17(25)19(11-16)28(31)32/h1-11H,12H2,(H,26,30)(H,27,29). The molecular formula is C23H15BrClN3O6. The highest BCUT2D eigenvalue weighted by atomic mass is 79.9. The number of fused-ring (bicyclic) bond motifs is 1. The number of carbonyl (C=O) groups excluding carboxylic acids is 2. The Labute approximate surface area is 206 Å². The Morgan fingerprint density at radius 1 is 1.03 bits per heavy atom. The summed E-state index contributed by atoms with van der Waals surface area (Å²) in [5.41, 5.74) is 0.571. The Kier molecular flexibility index (Phi) is 6.80. The van der Waals surface area contributed by atoms with Crippen LogP contribution in [0.15, 0.2) is 70.8 Å². The van der Waals surface area contributed by atoms with Crippen LogP contribution >= 0.6 is 27.5 Å². The van der Waals surface area contributed by atoms with E-state index in [0.717, 1.165) is 10.5 Å². The van der Waals surface area contributed by atoms with E-state index in [1.54, 1.807) is 42.5 Å². The number of amides is 2. The van der Waals surface area contributed by atoms with Gasteiger partial charge in [0.1, 0.15) is 10.7 Å². The number of anilines is 1. The highest BCUT2D eigenvalue weighted by molar-refractivity contribution is 9.10. The van der Waals surface area contributed by atoms with Crippen LogP contribution in [-0.4, -0.2) is 23.5 Å². The van der Waals surface area contributed by atoms with E-state index < -0.39 is 16.7 Å². The van der Waals surface area contributed by atoms with Crippen molar-refractivity contribution >= 4 is 56.8 Å². The molecule has 0 unspecified atom stereocenters. The fraction of sp³-hybridized carbons (Fsp3) is 0.0435. The predicted molar refractivity (Wildman–Crippen MR) is 129 cm³/mol. The van der Waals surface area contributed by atoms with Crippen molar-refractivity contribution in [1.82, 2.24) is 5.32 Å². The summed E-state index contributed by atoms with van der Waals surface area (Å²) in [6.07, 6.45) is 1.46. The molecule has 3 aromatic rings. The number of nitrogens with zero attached hydrogens (tertiary/aromatic N) is 1. The van der Waals surface area contributed by atoms with Gasteiger partial charge in [-0.3, -0.25) is 19.7 Å². The SMILES string of the molecule is O=C(Nc1ccc(Cl)c([N+](=O)[O-])c1)C(=Cc1ccc2c(c1)OCO2)NC(=O)c1ccc(Br)cc1. The molecule has 0 atom stereocenters. The minimum atomic E-state index is -0.695. The van der Waals surface area contributed by atoms with Crippen molar-refractivity contribution in [3.05, 3.63) is 97.1 Å². The number of hydrogen-bond acceptors (Lipinski definition) is 6. The molecule has 3 aromatic carbocycles. The van der Waals surface area contributed by atoms with E-state index in [1.807, 2.05) is 0 Å². The number of hydrogen-bond donors (Lipinski definition) is 2. The largest absolute Gasteiger partial charge is 0.454 e. The number of nitro groups is 1. The van der Waals surface area contributed by atoms with E-state index in [9.17, 15) is 19.7 Å². The molecule has 0 spiro atoms. The fourth-order valence-corrected chi connectivity index (χ4v) is 3.50. The number of halogens is 2. The van der Waals surface area contributed by atoms with Gasteiger partial charge in [0.2, 0.25) is 6.79 Å². The average molecular weight is 545 g/mol.